The minimum Gasteiger partial charge on any atom is -0.506 e. The summed E-state index contributed by atoms with van der Waals surface area (Å²) in [6.45, 7) is 1.19. The fourth-order valence-corrected chi connectivity index (χ4v) is 3.69. The molecule has 3 N–H and O–H groups in total. The van der Waals surface area contributed by atoms with Crippen molar-refractivity contribution in [2.45, 2.75) is 17.1 Å². The Morgan fingerprint density at radius 1 is 1.07 bits per heavy atom. The highest BCUT2D eigenvalue weighted by atomic mass is 32.2. The van der Waals surface area contributed by atoms with Crippen molar-refractivity contribution >= 4 is 37.1 Å². The first-order chi connectivity index (χ1) is 13.0. The molecule has 1 atom stereocenters. The maximum absolute atomic E-state index is 12.7. The normalized spacial score (nSPS) is 12.8. The number of phenols is 1. The van der Waals surface area contributed by atoms with Gasteiger partial charge in [-0.1, -0.05) is 12.1 Å². The van der Waals surface area contributed by atoms with Crippen LogP contribution >= 0.6 is 0 Å². The lowest BCUT2D eigenvalue weighted by atomic mass is 10.3. The number of ether oxygens (including phenoxy) is 1. The van der Waals surface area contributed by atoms with Crippen molar-refractivity contribution < 1.29 is 31.5 Å². The molecule has 0 radical (unpaired) electrons. The number of sulfone groups is 1. The number of hydrogen-bond acceptors (Lipinski definition) is 7. The molecule has 0 aliphatic carbocycles. The SMILES string of the molecule is COc1ccccc1NS(=O)(=O)c1ccc(O)c(NC(=O)C(C)S(C)(=O)=O)c1. The van der Waals surface area contributed by atoms with Gasteiger partial charge >= 0.3 is 0 Å². The van der Waals surface area contributed by atoms with Gasteiger partial charge in [0.1, 0.15) is 16.7 Å². The predicted molar refractivity (Wildman–Crippen MR) is 105 cm³/mol. The van der Waals surface area contributed by atoms with Gasteiger partial charge in [-0.05, 0) is 37.3 Å². The molecule has 0 aromatic heterocycles. The summed E-state index contributed by atoms with van der Waals surface area (Å²) in [6.07, 6.45) is 0.898. The molecular weight excluding hydrogens is 408 g/mol. The van der Waals surface area contributed by atoms with Crippen LogP contribution in [-0.2, 0) is 24.7 Å². The van der Waals surface area contributed by atoms with Crippen LogP contribution in [0, 0.1) is 0 Å². The first-order valence-corrected chi connectivity index (χ1v) is 11.4. The summed E-state index contributed by atoms with van der Waals surface area (Å²) in [6, 6.07) is 9.63. The maximum Gasteiger partial charge on any atom is 0.262 e. The number of methoxy groups -OCH3 is 1. The summed E-state index contributed by atoms with van der Waals surface area (Å²) in [5.74, 6) is -1.00. The van der Waals surface area contributed by atoms with Crippen LogP contribution in [0.15, 0.2) is 47.4 Å². The van der Waals surface area contributed by atoms with Crippen LogP contribution in [0.3, 0.4) is 0 Å². The minimum atomic E-state index is -4.08. The third-order valence-electron chi connectivity index (χ3n) is 3.90. The quantitative estimate of drug-likeness (QED) is 0.569. The van der Waals surface area contributed by atoms with E-state index in [0.29, 0.717) is 5.75 Å². The summed E-state index contributed by atoms with van der Waals surface area (Å²) in [4.78, 5) is 11.8. The van der Waals surface area contributed by atoms with Crippen molar-refractivity contribution in [3.05, 3.63) is 42.5 Å². The van der Waals surface area contributed by atoms with Gasteiger partial charge in [0.2, 0.25) is 5.91 Å². The lowest BCUT2D eigenvalue weighted by Crippen LogP contribution is -2.31. The van der Waals surface area contributed by atoms with E-state index in [1.54, 1.807) is 18.2 Å². The molecule has 0 saturated carbocycles. The van der Waals surface area contributed by atoms with E-state index in [2.05, 4.69) is 10.0 Å². The van der Waals surface area contributed by atoms with Gasteiger partial charge in [-0.15, -0.1) is 0 Å². The van der Waals surface area contributed by atoms with E-state index < -0.39 is 36.8 Å². The molecule has 0 heterocycles. The third-order valence-corrected chi connectivity index (χ3v) is 6.76. The van der Waals surface area contributed by atoms with Crippen LogP contribution < -0.4 is 14.8 Å². The number of aromatic hydroxyl groups is 1. The van der Waals surface area contributed by atoms with Gasteiger partial charge in [-0.3, -0.25) is 9.52 Å². The van der Waals surface area contributed by atoms with Crippen LogP contribution in [0.1, 0.15) is 6.92 Å². The number of amides is 1. The molecular formula is C17H20N2O7S2. The van der Waals surface area contributed by atoms with E-state index in [9.17, 15) is 26.7 Å². The predicted octanol–water partition coefficient (Wildman–Crippen LogP) is 1.57. The van der Waals surface area contributed by atoms with Gasteiger partial charge in [0.05, 0.1) is 23.4 Å². The second-order valence-electron chi connectivity index (χ2n) is 5.95. The molecule has 0 saturated heterocycles. The first kappa shape index (κ1) is 21.5. The molecule has 2 aromatic rings. The van der Waals surface area contributed by atoms with Crippen LogP contribution in [0.2, 0.25) is 0 Å². The highest BCUT2D eigenvalue weighted by Crippen LogP contribution is 2.30. The summed E-state index contributed by atoms with van der Waals surface area (Å²) in [5.41, 5.74) is -0.0299. The highest BCUT2D eigenvalue weighted by molar-refractivity contribution is 7.92. The number of hydrogen-bond donors (Lipinski definition) is 3. The van der Waals surface area contributed by atoms with Crippen LogP contribution in [0.5, 0.6) is 11.5 Å². The molecule has 2 aromatic carbocycles. The van der Waals surface area contributed by atoms with Gasteiger partial charge in [0, 0.05) is 6.26 Å². The maximum atomic E-state index is 12.7. The Bertz CT molecular complexity index is 1100. The molecule has 1 amide bonds. The number of phenolic OH excluding ortho intramolecular Hbond substituents is 1. The van der Waals surface area contributed by atoms with Crippen molar-refractivity contribution in [1.29, 1.82) is 0 Å². The summed E-state index contributed by atoms with van der Waals surface area (Å²) in [5, 5.41) is 10.8. The van der Waals surface area contributed by atoms with E-state index in [0.717, 1.165) is 24.5 Å². The Morgan fingerprint density at radius 3 is 2.32 bits per heavy atom. The van der Waals surface area contributed by atoms with Crippen LogP contribution in [0.25, 0.3) is 0 Å². The molecule has 152 valence electrons. The standard InChI is InChI=1S/C17H20N2O7S2/c1-11(27(3,22)23)17(21)18-14-10-12(8-9-15(14)20)28(24,25)19-13-6-4-5-7-16(13)26-2/h4-11,19-20H,1-3H3,(H,18,21). The zero-order valence-electron chi connectivity index (χ0n) is 15.3. The summed E-state index contributed by atoms with van der Waals surface area (Å²) in [7, 11) is -6.35. The van der Waals surface area contributed by atoms with E-state index >= 15 is 0 Å². The van der Waals surface area contributed by atoms with E-state index in [1.165, 1.54) is 20.1 Å². The lowest BCUT2D eigenvalue weighted by Gasteiger charge is -2.14. The van der Waals surface area contributed by atoms with Gasteiger partial charge < -0.3 is 15.2 Å². The van der Waals surface area contributed by atoms with Crippen LogP contribution in [-0.4, -0.2) is 46.5 Å². The van der Waals surface area contributed by atoms with Gasteiger partial charge in [-0.2, -0.15) is 0 Å². The zero-order valence-corrected chi connectivity index (χ0v) is 17.0. The van der Waals surface area contributed by atoms with Crippen LogP contribution in [0.4, 0.5) is 11.4 Å². The van der Waals surface area contributed by atoms with Crippen molar-refractivity contribution in [3.8, 4) is 11.5 Å². The topological polar surface area (TPSA) is 139 Å². The van der Waals surface area contributed by atoms with E-state index in [-0.39, 0.29) is 16.3 Å². The molecule has 2 rings (SSSR count). The summed E-state index contributed by atoms with van der Waals surface area (Å²) >= 11 is 0. The van der Waals surface area contributed by atoms with E-state index in [1.807, 2.05) is 0 Å². The molecule has 0 bridgehead atoms. The highest BCUT2D eigenvalue weighted by Gasteiger charge is 2.25. The Hall–Kier alpha value is -2.79. The lowest BCUT2D eigenvalue weighted by molar-refractivity contribution is -0.115. The Kier molecular flexibility index (Phi) is 6.20. The molecule has 0 fully saturated rings. The Morgan fingerprint density at radius 2 is 1.71 bits per heavy atom. The van der Waals surface area contributed by atoms with Gasteiger partial charge in [-0.25, -0.2) is 16.8 Å². The minimum absolute atomic E-state index is 0.203. The second kappa shape index (κ2) is 8.07. The average molecular weight is 428 g/mol. The monoisotopic (exact) mass is 428 g/mol. The van der Waals surface area contributed by atoms with Crippen molar-refractivity contribution in [2.24, 2.45) is 0 Å². The van der Waals surface area contributed by atoms with Crippen molar-refractivity contribution in [3.63, 3.8) is 0 Å². The Balaban J connectivity index is 2.34. The number of nitrogens with one attached hydrogen (secondary N) is 2. The average Bonchev–Trinajstić information content (AvgIpc) is 2.62. The molecule has 0 spiro atoms. The number of carbonyl (C=O) groups excluding carboxylic acids is 1. The Labute approximate surface area is 163 Å². The second-order valence-corrected chi connectivity index (χ2v) is 9.99. The first-order valence-electron chi connectivity index (χ1n) is 7.94. The zero-order chi connectivity index (χ0) is 21.1. The number of sulfonamides is 1. The molecule has 11 heteroatoms. The van der Waals surface area contributed by atoms with Gasteiger partial charge in [0.25, 0.3) is 10.0 Å². The molecule has 0 aliphatic heterocycles. The number of rotatable bonds is 7. The number of carbonyl (C=O) groups is 1. The summed E-state index contributed by atoms with van der Waals surface area (Å²) < 4.78 is 55.8. The van der Waals surface area contributed by atoms with Gasteiger partial charge in [0.15, 0.2) is 9.84 Å². The van der Waals surface area contributed by atoms with Crippen molar-refractivity contribution in [2.75, 3.05) is 23.4 Å². The molecule has 28 heavy (non-hydrogen) atoms. The number of benzene rings is 2. The smallest absolute Gasteiger partial charge is 0.262 e. The molecule has 0 aliphatic rings. The molecule has 9 nitrogen and oxygen atoms in total. The fraction of sp³-hybridized carbons (Fsp3) is 0.235. The largest absolute Gasteiger partial charge is 0.506 e. The van der Waals surface area contributed by atoms with Crippen molar-refractivity contribution in [1.82, 2.24) is 0 Å². The number of para-hydroxylation sites is 2. The fourth-order valence-electron chi connectivity index (χ4n) is 2.14. The number of anilines is 2. The van der Waals surface area contributed by atoms with E-state index in [4.69, 9.17) is 4.74 Å². The molecule has 1 unspecified atom stereocenters. The third kappa shape index (κ3) is 4.93.